The summed E-state index contributed by atoms with van der Waals surface area (Å²) in [6, 6.07) is 5.86. The predicted molar refractivity (Wildman–Crippen MR) is 169 cm³/mol. The fraction of sp³-hybridized carbons (Fsp3) is 0.207. The minimum absolute atomic E-state index is 0.106. The Labute approximate surface area is 286 Å². The second-order valence-electron chi connectivity index (χ2n) is 11.2. The quantitative estimate of drug-likeness (QED) is 0.0664. The molecule has 50 heavy (non-hydrogen) atoms. The van der Waals surface area contributed by atoms with Crippen molar-refractivity contribution in [3.8, 4) is 17.2 Å². The molecule has 5 amide bonds. The van der Waals surface area contributed by atoms with Gasteiger partial charge >= 0.3 is 38.5 Å². The molecule has 1 saturated heterocycles. The lowest BCUT2D eigenvalue weighted by atomic mass is 9.72. The van der Waals surface area contributed by atoms with E-state index in [2.05, 4.69) is 10.6 Å². The lowest BCUT2D eigenvalue weighted by Crippen LogP contribution is -2.60. The van der Waals surface area contributed by atoms with E-state index in [4.69, 9.17) is 16.3 Å². The number of hydrogen-bond acceptors (Lipinski definition) is 10. The van der Waals surface area contributed by atoms with Gasteiger partial charge in [-0.15, -0.1) is 0 Å². The van der Waals surface area contributed by atoms with Crippen LogP contribution in [0.15, 0.2) is 48.5 Å². The maximum Gasteiger partial charge on any atom is 0.547 e. The van der Waals surface area contributed by atoms with E-state index in [0.717, 1.165) is 29.2 Å². The minimum Gasteiger partial charge on any atom is -0.534 e. The number of rotatable bonds is 8. The highest BCUT2D eigenvalue weighted by atomic mass is 35.5. The van der Waals surface area contributed by atoms with Crippen LogP contribution in [-0.2, 0) is 31.9 Å². The molecule has 3 aromatic rings. The van der Waals surface area contributed by atoms with Gasteiger partial charge in [0, 0.05) is 19.6 Å². The first-order chi connectivity index (χ1) is 23.5. The minimum atomic E-state index is -4.87. The number of nitrogens with zero attached hydrogens (tertiary/aromatic N) is 2. The molecular weight excluding hydrogens is 709 g/mol. The van der Waals surface area contributed by atoms with Crippen molar-refractivity contribution in [1.82, 2.24) is 20.4 Å². The number of carboxylic acid groups (broad SMARTS) is 1. The van der Waals surface area contributed by atoms with E-state index < -0.39 is 90.4 Å². The molecule has 0 aromatic heterocycles. The molecule has 2 atom stereocenters. The SMILES string of the molecule is O=C(O)c1c(F)ccc2c1OB(O)[C@@H](NC(=O)[C@H](NC(=O)N1CCN(Cc3ccc(O)c(O)c3Cl)C(=O)C1=O)c1cccc(P(=O)(O)O)c1)C2. The summed E-state index contributed by atoms with van der Waals surface area (Å²) in [6.45, 7) is -0.879. The highest BCUT2D eigenvalue weighted by molar-refractivity contribution is 7.60. The van der Waals surface area contributed by atoms with E-state index in [0.29, 0.717) is 4.90 Å². The second kappa shape index (κ2) is 14.0. The first-order valence-corrected chi connectivity index (χ1v) is 16.4. The number of imide groups is 1. The molecule has 17 nitrogen and oxygen atoms in total. The number of aromatic carboxylic acids is 1. The number of carboxylic acids is 1. The Morgan fingerprint density at radius 1 is 1.08 bits per heavy atom. The number of phenolic OH excluding ortho intramolecular Hbond substituents is 2. The molecule has 2 aliphatic rings. The van der Waals surface area contributed by atoms with Gasteiger partial charge in [-0.05, 0) is 47.4 Å². The van der Waals surface area contributed by atoms with E-state index in [1.54, 1.807) is 0 Å². The molecule has 0 saturated carbocycles. The maximum absolute atomic E-state index is 14.2. The van der Waals surface area contributed by atoms with Gasteiger partial charge in [0.05, 0.1) is 16.3 Å². The Bertz CT molecular complexity index is 1980. The van der Waals surface area contributed by atoms with Gasteiger partial charge in [0.2, 0.25) is 5.91 Å². The summed E-state index contributed by atoms with van der Waals surface area (Å²) in [5.74, 6) is -9.27. The van der Waals surface area contributed by atoms with Crippen LogP contribution in [-0.4, -0.2) is 95.8 Å². The zero-order valence-electron chi connectivity index (χ0n) is 25.3. The number of nitrogens with one attached hydrogen (secondary N) is 2. The summed E-state index contributed by atoms with van der Waals surface area (Å²) < 4.78 is 31.4. The highest BCUT2D eigenvalue weighted by Gasteiger charge is 2.42. The van der Waals surface area contributed by atoms with Gasteiger partial charge < -0.3 is 50.3 Å². The molecule has 8 N–H and O–H groups in total. The fourth-order valence-electron chi connectivity index (χ4n) is 5.36. The lowest BCUT2D eigenvalue weighted by Gasteiger charge is -2.34. The van der Waals surface area contributed by atoms with E-state index in [-0.39, 0.29) is 47.8 Å². The Morgan fingerprint density at radius 2 is 1.80 bits per heavy atom. The monoisotopic (exact) mass is 734 g/mol. The number of aromatic hydroxyl groups is 2. The van der Waals surface area contributed by atoms with E-state index in [9.17, 15) is 63.1 Å². The largest absolute Gasteiger partial charge is 0.547 e. The van der Waals surface area contributed by atoms with Crippen molar-refractivity contribution in [3.63, 3.8) is 0 Å². The zero-order chi connectivity index (χ0) is 36.7. The number of halogens is 2. The van der Waals surface area contributed by atoms with Gasteiger partial charge in [0.15, 0.2) is 11.5 Å². The number of piperazine rings is 1. The van der Waals surface area contributed by atoms with Crippen molar-refractivity contribution in [1.29, 1.82) is 0 Å². The first kappa shape index (κ1) is 36.1. The maximum atomic E-state index is 14.2. The van der Waals surface area contributed by atoms with Gasteiger partial charge in [-0.25, -0.2) is 14.0 Å². The van der Waals surface area contributed by atoms with Crippen LogP contribution in [0.5, 0.6) is 17.2 Å². The van der Waals surface area contributed by atoms with Crippen LogP contribution in [0.3, 0.4) is 0 Å². The van der Waals surface area contributed by atoms with Crippen LogP contribution < -0.4 is 20.6 Å². The van der Waals surface area contributed by atoms with Gasteiger partial charge in [0.1, 0.15) is 23.2 Å². The predicted octanol–water partition coefficient (Wildman–Crippen LogP) is 0.153. The van der Waals surface area contributed by atoms with Gasteiger partial charge in [0.25, 0.3) is 0 Å². The number of carbonyl (C=O) groups excluding carboxylic acids is 4. The first-order valence-electron chi connectivity index (χ1n) is 14.4. The molecule has 0 bridgehead atoms. The summed E-state index contributed by atoms with van der Waals surface area (Å²) in [4.78, 5) is 85.7. The van der Waals surface area contributed by atoms with Crippen molar-refractivity contribution in [2.24, 2.45) is 0 Å². The summed E-state index contributed by atoms with van der Waals surface area (Å²) in [5.41, 5.74) is -0.732. The third kappa shape index (κ3) is 7.22. The normalized spacial score (nSPS) is 16.7. The molecule has 3 aromatic carbocycles. The van der Waals surface area contributed by atoms with Crippen LogP contribution in [0.1, 0.15) is 33.1 Å². The molecule has 0 spiro atoms. The number of hydrogen-bond donors (Lipinski definition) is 8. The van der Waals surface area contributed by atoms with Crippen LogP contribution in [0.2, 0.25) is 5.02 Å². The summed E-state index contributed by atoms with van der Waals surface area (Å²) >= 11 is 6.04. The fourth-order valence-corrected chi connectivity index (χ4v) is 6.17. The van der Waals surface area contributed by atoms with Gasteiger partial charge in [-0.2, -0.15) is 0 Å². The summed E-state index contributed by atoms with van der Waals surface area (Å²) in [5, 5.41) is 43.4. The molecule has 2 heterocycles. The van der Waals surface area contributed by atoms with Crippen LogP contribution in [0, 0.1) is 5.82 Å². The van der Waals surface area contributed by atoms with Crippen molar-refractivity contribution in [2.45, 2.75) is 24.9 Å². The standard InChI is InChI=1S/C29H26BClFN4O13P/c31-21-15(5-7-18(37)23(21)38)12-35-8-9-36(27(41)26(35)40)29(44)34-22(13-2-1-3-16(10-13)50(46,47)48)25(39)33-19-11-14-4-6-17(32)20(28(42)43)24(14)49-30(19)45/h1-7,10,19,22,37-38,45H,8-9,11-12H2,(H,33,39)(H,34,44)(H,42,43)(H2,46,47,48)/t19-,22+/m0/s1. The van der Waals surface area contributed by atoms with Crippen molar-refractivity contribution < 1.29 is 67.7 Å². The highest BCUT2D eigenvalue weighted by Crippen LogP contribution is 2.37. The smallest absolute Gasteiger partial charge is 0.534 e. The number of amides is 5. The molecule has 1 fully saturated rings. The Balaban J connectivity index is 1.37. The van der Waals surface area contributed by atoms with Crippen molar-refractivity contribution >= 4 is 61.3 Å². The van der Waals surface area contributed by atoms with Crippen LogP contribution in [0.4, 0.5) is 9.18 Å². The van der Waals surface area contributed by atoms with Gasteiger partial charge in [-0.3, -0.25) is 23.8 Å². The van der Waals surface area contributed by atoms with Crippen LogP contribution >= 0.6 is 19.2 Å². The average molecular weight is 735 g/mol. The Kier molecular flexibility index (Phi) is 10.1. The number of urea groups is 1. The molecular formula is C29H26BClFN4O13P. The average Bonchev–Trinajstić information content (AvgIpc) is 3.05. The molecule has 0 unspecified atom stereocenters. The number of fused-ring (bicyclic) bond motifs is 1. The third-order valence-electron chi connectivity index (χ3n) is 7.91. The van der Waals surface area contributed by atoms with Crippen LogP contribution in [0.25, 0.3) is 0 Å². The number of carbonyl (C=O) groups is 5. The second-order valence-corrected chi connectivity index (χ2v) is 13.1. The Morgan fingerprint density at radius 3 is 2.48 bits per heavy atom. The molecule has 0 aliphatic carbocycles. The lowest BCUT2D eigenvalue weighted by molar-refractivity contribution is -0.154. The van der Waals surface area contributed by atoms with Crippen molar-refractivity contribution in [2.75, 3.05) is 13.1 Å². The molecule has 262 valence electrons. The third-order valence-corrected chi connectivity index (χ3v) is 9.29. The van der Waals surface area contributed by atoms with Gasteiger partial charge in [-0.1, -0.05) is 35.9 Å². The number of phenols is 2. The molecule has 2 aliphatic heterocycles. The molecule has 0 radical (unpaired) electrons. The number of benzene rings is 3. The molecule has 21 heteroatoms. The van der Waals surface area contributed by atoms with E-state index in [1.807, 2.05) is 0 Å². The van der Waals surface area contributed by atoms with E-state index >= 15 is 0 Å². The van der Waals surface area contributed by atoms with Crippen molar-refractivity contribution in [3.05, 3.63) is 81.6 Å². The summed E-state index contributed by atoms with van der Waals surface area (Å²) in [6.07, 6.45) is -0.274. The topological polar surface area (TPSA) is 264 Å². The molecule has 5 rings (SSSR count). The van der Waals surface area contributed by atoms with E-state index in [1.165, 1.54) is 24.3 Å². The zero-order valence-corrected chi connectivity index (χ0v) is 27.0. The Hall–Kier alpha value is -5.20. The summed E-state index contributed by atoms with van der Waals surface area (Å²) in [7, 11) is -6.79.